The second-order valence-electron chi connectivity index (χ2n) is 6.61. The first-order chi connectivity index (χ1) is 12.1. The zero-order chi connectivity index (χ0) is 17.6. The van der Waals surface area contributed by atoms with E-state index in [0.717, 1.165) is 30.6 Å². The fourth-order valence-electron chi connectivity index (χ4n) is 3.31. The lowest BCUT2D eigenvalue weighted by Gasteiger charge is -2.24. The molecule has 0 saturated carbocycles. The molecule has 1 unspecified atom stereocenters. The summed E-state index contributed by atoms with van der Waals surface area (Å²) in [7, 11) is 0. The van der Waals surface area contributed by atoms with E-state index in [4.69, 9.17) is 0 Å². The molecule has 0 heterocycles. The van der Waals surface area contributed by atoms with Crippen LogP contribution in [0.25, 0.3) is 0 Å². The smallest absolute Gasteiger partial charge is 0.224 e. The van der Waals surface area contributed by atoms with Crippen molar-refractivity contribution in [1.29, 1.82) is 0 Å². The molecule has 0 aliphatic heterocycles. The van der Waals surface area contributed by atoms with Gasteiger partial charge in [-0.3, -0.25) is 9.59 Å². The van der Waals surface area contributed by atoms with Crippen LogP contribution < -0.4 is 10.6 Å². The van der Waals surface area contributed by atoms with E-state index in [0.29, 0.717) is 18.8 Å². The molecule has 25 heavy (non-hydrogen) atoms. The third kappa shape index (κ3) is 4.69. The first-order valence-corrected chi connectivity index (χ1v) is 8.90. The van der Waals surface area contributed by atoms with Gasteiger partial charge in [-0.15, -0.1) is 0 Å². The Morgan fingerprint density at radius 2 is 1.52 bits per heavy atom. The van der Waals surface area contributed by atoms with Gasteiger partial charge in [0.05, 0.1) is 0 Å². The van der Waals surface area contributed by atoms with Crippen LogP contribution in [0.2, 0.25) is 0 Å². The number of nitrogens with one attached hydrogen (secondary N) is 2. The molecule has 3 rings (SSSR count). The van der Waals surface area contributed by atoms with Crippen LogP contribution in [0.4, 0.5) is 11.4 Å². The van der Waals surface area contributed by atoms with E-state index in [-0.39, 0.29) is 11.8 Å². The van der Waals surface area contributed by atoms with Crippen molar-refractivity contribution in [3.63, 3.8) is 0 Å². The molecule has 0 saturated heterocycles. The Kier molecular flexibility index (Phi) is 5.49. The quantitative estimate of drug-likeness (QED) is 0.861. The highest BCUT2D eigenvalue weighted by molar-refractivity contribution is 5.92. The summed E-state index contributed by atoms with van der Waals surface area (Å²) in [4.78, 5) is 23.7. The Labute approximate surface area is 148 Å². The maximum atomic E-state index is 12.3. The Balaban J connectivity index is 1.52. The van der Waals surface area contributed by atoms with E-state index in [2.05, 4.69) is 34.9 Å². The second-order valence-corrected chi connectivity index (χ2v) is 6.61. The molecule has 2 amide bonds. The first kappa shape index (κ1) is 17.2. The summed E-state index contributed by atoms with van der Waals surface area (Å²) in [5.74, 6) is 0.433. The third-order valence-electron chi connectivity index (χ3n) is 4.70. The fourth-order valence-corrected chi connectivity index (χ4v) is 3.31. The van der Waals surface area contributed by atoms with Gasteiger partial charge >= 0.3 is 0 Å². The number of hydrogen-bond acceptors (Lipinski definition) is 2. The lowest BCUT2D eigenvalue weighted by atomic mass is 9.82. The molecule has 2 N–H and O–H groups in total. The molecule has 130 valence electrons. The van der Waals surface area contributed by atoms with Crippen molar-refractivity contribution in [3.8, 4) is 0 Å². The summed E-state index contributed by atoms with van der Waals surface area (Å²) in [5, 5.41) is 5.75. The SMILES string of the molecule is CCC(=O)Nc1ccc(NC(=O)CC2CCc3ccccc3C2)cc1. The highest BCUT2D eigenvalue weighted by atomic mass is 16.2. The molecule has 1 atom stereocenters. The van der Waals surface area contributed by atoms with Gasteiger partial charge in [0.25, 0.3) is 0 Å². The minimum Gasteiger partial charge on any atom is -0.326 e. The van der Waals surface area contributed by atoms with Crippen LogP contribution in [0.5, 0.6) is 0 Å². The van der Waals surface area contributed by atoms with E-state index in [9.17, 15) is 9.59 Å². The number of rotatable bonds is 5. The van der Waals surface area contributed by atoms with Crippen molar-refractivity contribution in [3.05, 3.63) is 59.7 Å². The maximum Gasteiger partial charge on any atom is 0.224 e. The van der Waals surface area contributed by atoms with Crippen LogP contribution >= 0.6 is 0 Å². The predicted octanol–water partition coefficient (Wildman–Crippen LogP) is 4.17. The Morgan fingerprint density at radius 3 is 2.16 bits per heavy atom. The standard InChI is InChI=1S/C21H24N2O2/c1-2-20(24)22-18-9-11-19(12-10-18)23-21(25)14-15-7-8-16-5-3-4-6-17(16)13-15/h3-6,9-12,15H,2,7-8,13-14H2,1H3,(H,22,24)(H,23,25). The van der Waals surface area contributed by atoms with Gasteiger partial charge in [0.1, 0.15) is 0 Å². The molecule has 4 nitrogen and oxygen atoms in total. The van der Waals surface area contributed by atoms with Crippen molar-refractivity contribution in [2.75, 3.05) is 10.6 Å². The van der Waals surface area contributed by atoms with Crippen LogP contribution in [0.3, 0.4) is 0 Å². The molecule has 2 aromatic rings. The van der Waals surface area contributed by atoms with E-state index >= 15 is 0 Å². The molecule has 1 aliphatic rings. The van der Waals surface area contributed by atoms with Crippen molar-refractivity contribution in [1.82, 2.24) is 0 Å². The summed E-state index contributed by atoms with van der Waals surface area (Å²) in [6.07, 6.45) is 4.09. The van der Waals surface area contributed by atoms with E-state index in [1.807, 2.05) is 19.1 Å². The number of aryl methyl sites for hydroxylation is 1. The van der Waals surface area contributed by atoms with Gasteiger partial charge in [-0.1, -0.05) is 31.2 Å². The number of anilines is 2. The van der Waals surface area contributed by atoms with Crippen molar-refractivity contribution in [2.24, 2.45) is 5.92 Å². The lowest BCUT2D eigenvalue weighted by Crippen LogP contribution is -2.21. The zero-order valence-corrected chi connectivity index (χ0v) is 14.5. The zero-order valence-electron chi connectivity index (χ0n) is 14.5. The lowest BCUT2D eigenvalue weighted by molar-refractivity contribution is -0.117. The Morgan fingerprint density at radius 1 is 0.920 bits per heavy atom. The Hall–Kier alpha value is -2.62. The van der Waals surface area contributed by atoms with Gasteiger partial charge in [0.15, 0.2) is 0 Å². The van der Waals surface area contributed by atoms with Crippen LogP contribution in [0.1, 0.15) is 37.3 Å². The van der Waals surface area contributed by atoms with Crippen LogP contribution in [0, 0.1) is 5.92 Å². The number of amides is 2. The highest BCUT2D eigenvalue weighted by Gasteiger charge is 2.20. The maximum absolute atomic E-state index is 12.3. The number of fused-ring (bicyclic) bond motifs is 1. The van der Waals surface area contributed by atoms with Crippen molar-refractivity contribution in [2.45, 2.75) is 39.0 Å². The van der Waals surface area contributed by atoms with Gasteiger partial charge in [0.2, 0.25) is 11.8 Å². The third-order valence-corrected chi connectivity index (χ3v) is 4.70. The summed E-state index contributed by atoms with van der Waals surface area (Å²) in [6, 6.07) is 15.8. The van der Waals surface area contributed by atoms with Crippen LogP contribution in [-0.2, 0) is 22.4 Å². The van der Waals surface area contributed by atoms with Crippen molar-refractivity contribution < 1.29 is 9.59 Å². The van der Waals surface area contributed by atoms with Gasteiger partial charge < -0.3 is 10.6 Å². The molecule has 0 aromatic heterocycles. The highest BCUT2D eigenvalue weighted by Crippen LogP contribution is 2.27. The molecule has 0 spiro atoms. The molecule has 2 aromatic carbocycles. The number of carbonyl (C=O) groups is 2. The minimum absolute atomic E-state index is 0.0191. The van der Waals surface area contributed by atoms with Crippen LogP contribution in [0.15, 0.2) is 48.5 Å². The second kappa shape index (κ2) is 7.97. The van der Waals surface area contributed by atoms with E-state index in [1.165, 1.54) is 11.1 Å². The first-order valence-electron chi connectivity index (χ1n) is 8.90. The number of benzene rings is 2. The van der Waals surface area contributed by atoms with Crippen LogP contribution in [-0.4, -0.2) is 11.8 Å². The van der Waals surface area contributed by atoms with Gasteiger partial charge in [-0.2, -0.15) is 0 Å². The fraction of sp³-hybridized carbons (Fsp3) is 0.333. The molecular weight excluding hydrogens is 312 g/mol. The molecule has 0 radical (unpaired) electrons. The molecule has 4 heteroatoms. The average Bonchev–Trinajstić information content (AvgIpc) is 2.63. The van der Waals surface area contributed by atoms with Gasteiger partial charge in [-0.25, -0.2) is 0 Å². The van der Waals surface area contributed by atoms with E-state index < -0.39 is 0 Å². The normalized spacial score (nSPS) is 16.0. The average molecular weight is 336 g/mol. The number of hydrogen-bond donors (Lipinski definition) is 2. The van der Waals surface area contributed by atoms with E-state index in [1.54, 1.807) is 12.1 Å². The summed E-state index contributed by atoms with van der Waals surface area (Å²) < 4.78 is 0. The molecule has 1 aliphatic carbocycles. The summed E-state index contributed by atoms with van der Waals surface area (Å²) >= 11 is 0. The minimum atomic E-state index is -0.0191. The van der Waals surface area contributed by atoms with Gasteiger partial charge in [-0.05, 0) is 60.6 Å². The predicted molar refractivity (Wildman–Crippen MR) is 101 cm³/mol. The summed E-state index contributed by atoms with van der Waals surface area (Å²) in [5.41, 5.74) is 4.30. The van der Waals surface area contributed by atoms with Crippen molar-refractivity contribution >= 4 is 23.2 Å². The Bertz CT molecular complexity index is 753. The summed E-state index contributed by atoms with van der Waals surface area (Å²) in [6.45, 7) is 1.81. The van der Waals surface area contributed by atoms with Gasteiger partial charge in [0, 0.05) is 24.2 Å². The number of carbonyl (C=O) groups excluding carboxylic acids is 2. The molecular formula is C21H24N2O2. The monoisotopic (exact) mass is 336 g/mol. The topological polar surface area (TPSA) is 58.2 Å². The molecule has 0 fully saturated rings. The molecule has 0 bridgehead atoms. The largest absolute Gasteiger partial charge is 0.326 e.